The van der Waals surface area contributed by atoms with Gasteiger partial charge in [-0.1, -0.05) is 18.2 Å². The molecule has 0 atom stereocenters. The fourth-order valence-corrected chi connectivity index (χ4v) is 1.24. The van der Waals surface area contributed by atoms with Gasteiger partial charge in [0.25, 0.3) is 0 Å². The van der Waals surface area contributed by atoms with E-state index in [2.05, 4.69) is 5.32 Å². The highest BCUT2D eigenvalue weighted by molar-refractivity contribution is 5.20. The fraction of sp³-hybridized carbons (Fsp3) is 0.455. The lowest BCUT2D eigenvalue weighted by Crippen LogP contribution is -2.22. The third-order valence-corrected chi connectivity index (χ3v) is 2.12. The monoisotopic (exact) mass is 177 g/mol. The average molecular weight is 177 g/mol. The van der Waals surface area contributed by atoms with Crippen LogP contribution in [0.1, 0.15) is 12.8 Å². The second-order valence-electron chi connectivity index (χ2n) is 3.39. The summed E-state index contributed by atoms with van der Waals surface area (Å²) in [6.07, 6.45) is 2.68. The van der Waals surface area contributed by atoms with Crippen LogP contribution in [0.15, 0.2) is 30.3 Å². The number of nitrogens with one attached hydrogen (secondary N) is 1. The predicted molar refractivity (Wildman–Crippen MR) is 53.0 cm³/mol. The van der Waals surface area contributed by atoms with E-state index in [-0.39, 0.29) is 0 Å². The third kappa shape index (κ3) is 3.07. The van der Waals surface area contributed by atoms with Crippen LogP contribution in [-0.2, 0) is 0 Å². The molecule has 2 rings (SSSR count). The molecule has 0 spiro atoms. The molecule has 1 aliphatic carbocycles. The van der Waals surface area contributed by atoms with E-state index in [9.17, 15) is 0 Å². The molecule has 0 aromatic heterocycles. The molecule has 1 aromatic rings. The van der Waals surface area contributed by atoms with Gasteiger partial charge in [0.05, 0.1) is 0 Å². The predicted octanol–water partition coefficient (Wildman–Crippen LogP) is 1.82. The first-order chi connectivity index (χ1) is 6.45. The van der Waals surface area contributed by atoms with Gasteiger partial charge >= 0.3 is 0 Å². The van der Waals surface area contributed by atoms with Gasteiger partial charge in [-0.25, -0.2) is 0 Å². The van der Waals surface area contributed by atoms with Crippen LogP contribution in [0.4, 0.5) is 0 Å². The van der Waals surface area contributed by atoms with Gasteiger partial charge in [0.15, 0.2) is 0 Å². The van der Waals surface area contributed by atoms with E-state index in [0.717, 1.165) is 24.9 Å². The fourth-order valence-electron chi connectivity index (χ4n) is 1.24. The smallest absolute Gasteiger partial charge is 0.119 e. The minimum absolute atomic E-state index is 0.764. The molecule has 2 heteroatoms. The van der Waals surface area contributed by atoms with Gasteiger partial charge in [0.1, 0.15) is 12.4 Å². The summed E-state index contributed by atoms with van der Waals surface area (Å²) in [4.78, 5) is 0. The van der Waals surface area contributed by atoms with Crippen LogP contribution in [0.25, 0.3) is 0 Å². The maximum atomic E-state index is 5.52. The molecule has 2 nitrogen and oxygen atoms in total. The highest BCUT2D eigenvalue weighted by Crippen LogP contribution is 2.18. The Bertz CT molecular complexity index is 244. The van der Waals surface area contributed by atoms with Gasteiger partial charge in [-0.2, -0.15) is 0 Å². The Labute approximate surface area is 78.9 Å². The van der Waals surface area contributed by atoms with Crippen molar-refractivity contribution in [3.63, 3.8) is 0 Å². The van der Waals surface area contributed by atoms with Crippen molar-refractivity contribution in [3.8, 4) is 5.75 Å². The summed E-state index contributed by atoms with van der Waals surface area (Å²) in [5.74, 6) is 0.958. The quantitative estimate of drug-likeness (QED) is 0.693. The van der Waals surface area contributed by atoms with E-state index >= 15 is 0 Å². The number of hydrogen-bond acceptors (Lipinski definition) is 2. The van der Waals surface area contributed by atoms with E-state index in [4.69, 9.17) is 4.74 Å². The van der Waals surface area contributed by atoms with Crippen molar-refractivity contribution < 1.29 is 4.74 Å². The second kappa shape index (κ2) is 4.28. The molecule has 0 heterocycles. The molecule has 0 amide bonds. The summed E-state index contributed by atoms with van der Waals surface area (Å²) in [7, 11) is 0. The SMILES string of the molecule is c1ccc(OCCNC2CC2)cc1. The van der Waals surface area contributed by atoms with Crippen LogP contribution in [0.3, 0.4) is 0 Å². The van der Waals surface area contributed by atoms with E-state index < -0.39 is 0 Å². The first-order valence-corrected chi connectivity index (χ1v) is 4.86. The maximum Gasteiger partial charge on any atom is 0.119 e. The molecule has 1 N–H and O–H groups in total. The molecule has 1 fully saturated rings. The first kappa shape index (κ1) is 8.57. The number of rotatable bonds is 5. The highest BCUT2D eigenvalue weighted by atomic mass is 16.5. The molecular weight excluding hydrogens is 162 g/mol. The number of benzene rings is 1. The zero-order chi connectivity index (χ0) is 8.93. The average Bonchev–Trinajstić information content (AvgIpc) is 2.98. The lowest BCUT2D eigenvalue weighted by Gasteiger charge is -2.05. The molecule has 70 valence electrons. The van der Waals surface area contributed by atoms with Gasteiger partial charge in [-0.3, -0.25) is 0 Å². The van der Waals surface area contributed by atoms with Gasteiger partial charge in [-0.05, 0) is 25.0 Å². The second-order valence-corrected chi connectivity index (χ2v) is 3.39. The number of ether oxygens (including phenoxy) is 1. The van der Waals surface area contributed by atoms with Gasteiger partial charge < -0.3 is 10.1 Å². The lowest BCUT2D eigenvalue weighted by molar-refractivity contribution is 0.313. The zero-order valence-electron chi connectivity index (χ0n) is 7.70. The molecular formula is C11H15NO. The Morgan fingerprint density at radius 1 is 1.23 bits per heavy atom. The van der Waals surface area contributed by atoms with Crippen molar-refractivity contribution >= 4 is 0 Å². The molecule has 0 saturated heterocycles. The van der Waals surface area contributed by atoms with Crippen molar-refractivity contribution in [2.45, 2.75) is 18.9 Å². The Balaban J connectivity index is 1.61. The molecule has 0 unspecified atom stereocenters. The van der Waals surface area contributed by atoms with Crippen LogP contribution in [0.5, 0.6) is 5.75 Å². The van der Waals surface area contributed by atoms with Crippen LogP contribution in [0, 0.1) is 0 Å². The molecule has 13 heavy (non-hydrogen) atoms. The third-order valence-electron chi connectivity index (χ3n) is 2.12. The summed E-state index contributed by atoms with van der Waals surface area (Å²) in [5, 5.41) is 3.40. The molecule has 0 radical (unpaired) electrons. The molecule has 1 saturated carbocycles. The molecule has 0 bridgehead atoms. The van der Waals surface area contributed by atoms with Gasteiger partial charge in [0.2, 0.25) is 0 Å². The summed E-state index contributed by atoms with van der Waals surface area (Å²) in [5.41, 5.74) is 0. The van der Waals surface area contributed by atoms with Crippen LogP contribution < -0.4 is 10.1 Å². The van der Waals surface area contributed by atoms with Crippen molar-refractivity contribution in [2.75, 3.05) is 13.2 Å². The topological polar surface area (TPSA) is 21.3 Å². The molecule has 0 aliphatic heterocycles. The standard InChI is InChI=1S/C11H15NO/c1-2-4-11(5-3-1)13-9-8-12-10-6-7-10/h1-5,10,12H,6-9H2. The Kier molecular flexibility index (Phi) is 2.82. The minimum atomic E-state index is 0.764. The molecule has 1 aromatic carbocycles. The Morgan fingerprint density at radius 2 is 2.00 bits per heavy atom. The zero-order valence-corrected chi connectivity index (χ0v) is 7.70. The Hall–Kier alpha value is -1.02. The van der Waals surface area contributed by atoms with Crippen LogP contribution in [-0.4, -0.2) is 19.2 Å². The summed E-state index contributed by atoms with van der Waals surface area (Å²) >= 11 is 0. The van der Waals surface area contributed by atoms with E-state index in [1.54, 1.807) is 0 Å². The van der Waals surface area contributed by atoms with Crippen LogP contribution >= 0.6 is 0 Å². The number of hydrogen-bond donors (Lipinski definition) is 1. The molecule has 1 aliphatic rings. The van der Waals surface area contributed by atoms with E-state index in [1.807, 2.05) is 30.3 Å². The largest absolute Gasteiger partial charge is 0.492 e. The van der Waals surface area contributed by atoms with E-state index in [0.29, 0.717) is 0 Å². The van der Waals surface area contributed by atoms with Crippen LogP contribution in [0.2, 0.25) is 0 Å². The van der Waals surface area contributed by atoms with Gasteiger partial charge in [0, 0.05) is 12.6 Å². The maximum absolute atomic E-state index is 5.52. The van der Waals surface area contributed by atoms with Crippen molar-refractivity contribution in [3.05, 3.63) is 30.3 Å². The summed E-state index contributed by atoms with van der Waals surface area (Å²) in [6.45, 7) is 1.72. The highest BCUT2D eigenvalue weighted by Gasteiger charge is 2.19. The van der Waals surface area contributed by atoms with Crippen molar-refractivity contribution in [1.29, 1.82) is 0 Å². The van der Waals surface area contributed by atoms with Crippen molar-refractivity contribution in [2.24, 2.45) is 0 Å². The summed E-state index contributed by atoms with van der Waals surface area (Å²) < 4.78 is 5.52. The minimum Gasteiger partial charge on any atom is -0.492 e. The number of para-hydroxylation sites is 1. The normalized spacial score (nSPS) is 15.7. The summed E-state index contributed by atoms with van der Waals surface area (Å²) in [6, 6.07) is 10.7. The first-order valence-electron chi connectivity index (χ1n) is 4.86. The lowest BCUT2D eigenvalue weighted by atomic mass is 10.3. The van der Waals surface area contributed by atoms with Gasteiger partial charge in [-0.15, -0.1) is 0 Å². The Morgan fingerprint density at radius 3 is 2.69 bits per heavy atom. The van der Waals surface area contributed by atoms with E-state index in [1.165, 1.54) is 12.8 Å². The van der Waals surface area contributed by atoms with Crippen molar-refractivity contribution in [1.82, 2.24) is 5.32 Å².